The maximum absolute atomic E-state index is 11.2. The van der Waals surface area contributed by atoms with E-state index in [4.69, 9.17) is 37.4 Å². The smallest absolute Gasteiger partial charge is 0.341 e. The third-order valence-electron chi connectivity index (χ3n) is 6.47. The molecule has 37 heavy (non-hydrogen) atoms. The number of carbonyl (C=O) groups is 1. The van der Waals surface area contributed by atoms with Gasteiger partial charge in [0.25, 0.3) is 0 Å². The van der Waals surface area contributed by atoms with E-state index >= 15 is 0 Å². The van der Waals surface area contributed by atoms with E-state index in [2.05, 4.69) is 6.58 Å². The average Bonchev–Trinajstić information content (AvgIpc) is 2.88. The van der Waals surface area contributed by atoms with Gasteiger partial charge in [-0.05, 0) is 79.8 Å². The number of hydrogen-bond donors (Lipinski definition) is 1. The predicted molar refractivity (Wildman–Crippen MR) is 146 cm³/mol. The summed E-state index contributed by atoms with van der Waals surface area (Å²) < 4.78 is 18.4. The Bertz CT molecular complexity index is 1220. The highest BCUT2D eigenvalue weighted by Crippen LogP contribution is 2.44. The monoisotopic (exact) mass is 540 g/mol. The summed E-state index contributed by atoms with van der Waals surface area (Å²) in [6.07, 6.45) is 2.15. The first-order valence-corrected chi connectivity index (χ1v) is 12.9. The lowest BCUT2D eigenvalue weighted by Gasteiger charge is -2.38. The minimum Gasteiger partial charge on any atom is -0.489 e. The van der Waals surface area contributed by atoms with Crippen molar-refractivity contribution < 1.29 is 24.1 Å². The normalized spacial score (nSPS) is 19.3. The molecule has 0 radical (unpaired) electrons. The first kappa shape index (κ1) is 27.1. The Morgan fingerprint density at radius 1 is 0.973 bits per heavy atom. The van der Waals surface area contributed by atoms with Crippen LogP contribution in [0.1, 0.15) is 42.6 Å². The standard InChI is InChI=1S/C30H30Cl2O5/c1-19(2)26-13-11-25(15-20-3-7-22(31)8-4-20)37-30(26)27-16-24(12-14-28(27)36-18-29(33)34)35-17-21-5-9-23(32)10-6-21/h3-10,12,14,16,25-26,30H,1,11,13,15,17-18H2,2H3,(H,33,34)/t25-,26-,30+/m0/s1. The summed E-state index contributed by atoms with van der Waals surface area (Å²) in [4.78, 5) is 11.2. The fourth-order valence-corrected chi connectivity index (χ4v) is 4.82. The van der Waals surface area contributed by atoms with Gasteiger partial charge in [-0.15, -0.1) is 0 Å². The van der Waals surface area contributed by atoms with Crippen molar-refractivity contribution in [2.24, 2.45) is 5.92 Å². The van der Waals surface area contributed by atoms with Crippen molar-refractivity contribution in [1.29, 1.82) is 0 Å². The second-order valence-corrected chi connectivity index (χ2v) is 10.2. The van der Waals surface area contributed by atoms with E-state index in [9.17, 15) is 9.90 Å². The van der Waals surface area contributed by atoms with Crippen LogP contribution in [0.3, 0.4) is 0 Å². The Kier molecular flexibility index (Phi) is 9.14. The molecule has 4 rings (SSSR count). The first-order chi connectivity index (χ1) is 17.8. The molecule has 194 valence electrons. The molecule has 3 aromatic carbocycles. The first-order valence-electron chi connectivity index (χ1n) is 12.2. The van der Waals surface area contributed by atoms with E-state index in [0.29, 0.717) is 28.2 Å². The van der Waals surface area contributed by atoms with Crippen molar-refractivity contribution >= 4 is 29.2 Å². The molecule has 1 aliphatic rings. The molecule has 1 heterocycles. The van der Waals surface area contributed by atoms with Gasteiger partial charge in [0.1, 0.15) is 18.1 Å². The van der Waals surface area contributed by atoms with Crippen LogP contribution in [0.25, 0.3) is 0 Å². The SMILES string of the molecule is C=C(C)[C@@H]1CC[C@@H](Cc2ccc(Cl)cc2)O[C@H]1c1cc(OCc2ccc(Cl)cc2)ccc1OCC(=O)O. The second kappa shape index (κ2) is 12.5. The fraction of sp³-hybridized carbons (Fsp3) is 0.300. The summed E-state index contributed by atoms with van der Waals surface area (Å²) in [5, 5.41) is 10.6. The van der Waals surface area contributed by atoms with Gasteiger partial charge in [0.15, 0.2) is 6.61 Å². The van der Waals surface area contributed by atoms with Gasteiger partial charge in [0.05, 0.1) is 12.2 Å². The summed E-state index contributed by atoms with van der Waals surface area (Å²) in [6, 6.07) is 20.7. The summed E-state index contributed by atoms with van der Waals surface area (Å²) in [5.41, 5.74) is 3.88. The molecule has 0 unspecified atom stereocenters. The Balaban J connectivity index is 1.60. The van der Waals surface area contributed by atoms with E-state index in [-0.39, 0.29) is 18.1 Å². The van der Waals surface area contributed by atoms with Crippen LogP contribution >= 0.6 is 23.2 Å². The molecule has 0 aliphatic carbocycles. The Morgan fingerprint density at radius 3 is 2.24 bits per heavy atom. The Hall–Kier alpha value is -2.99. The number of halogens is 2. The lowest BCUT2D eigenvalue weighted by Crippen LogP contribution is -2.31. The van der Waals surface area contributed by atoms with Crippen molar-refractivity contribution in [2.45, 2.75) is 45.0 Å². The van der Waals surface area contributed by atoms with Crippen molar-refractivity contribution in [2.75, 3.05) is 6.61 Å². The number of carboxylic acid groups (broad SMARTS) is 1. The highest BCUT2D eigenvalue weighted by Gasteiger charge is 2.35. The van der Waals surface area contributed by atoms with Crippen molar-refractivity contribution in [1.82, 2.24) is 0 Å². The lowest BCUT2D eigenvalue weighted by molar-refractivity contribution is -0.139. The van der Waals surface area contributed by atoms with E-state index < -0.39 is 12.6 Å². The van der Waals surface area contributed by atoms with E-state index in [1.54, 1.807) is 12.1 Å². The molecule has 0 saturated carbocycles. The van der Waals surface area contributed by atoms with Crippen LogP contribution in [0.15, 0.2) is 78.9 Å². The van der Waals surface area contributed by atoms with Crippen molar-refractivity contribution in [3.8, 4) is 11.5 Å². The van der Waals surface area contributed by atoms with Crippen LogP contribution in [-0.2, 0) is 22.6 Å². The third-order valence-corrected chi connectivity index (χ3v) is 6.98. The van der Waals surface area contributed by atoms with E-state index in [0.717, 1.165) is 41.5 Å². The Morgan fingerprint density at radius 2 is 1.62 bits per heavy atom. The van der Waals surface area contributed by atoms with Crippen molar-refractivity contribution in [3.63, 3.8) is 0 Å². The van der Waals surface area contributed by atoms with Crippen LogP contribution in [0.4, 0.5) is 0 Å². The van der Waals surface area contributed by atoms with Crippen molar-refractivity contribution in [3.05, 3.63) is 106 Å². The average molecular weight is 541 g/mol. The zero-order chi connectivity index (χ0) is 26.4. The minimum atomic E-state index is -1.05. The minimum absolute atomic E-state index is 0.0206. The number of rotatable bonds is 10. The van der Waals surface area contributed by atoms with Crippen LogP contribution in [-0.4, -0.2) is 23.8 Å². The number of benzene rings is 3. The van der Waals surface area contributed by atoms with E-state index in [1.165, 1.54) is 0 Å². The second-order valence-electron chi connectivity index (χ2n) is 9.34. The summed E-state index contributed by atoms with van der Waals surface area (Å²) in [5.74, 6) is 0.108. The zero-order valence-corrected chi connectivity index (χ0v) is 22.2. The molecule has 7 heteroatoms. The highest BCUT2D eigenvalue weighted by atomic mass is 35.5. The number of aliphatic carboxylic acids is 1. The summed E-state index contributed by atoms with van der Waals surface area (Å²) >= 11 is 12.0. The van der Waals surface area contributed by atoms with Gasteiger partial charge in [0, 0.05) is 21.5 Å². The maximum Gasteiger partial charge on any atom is 0.341 e. The molecule has 1 N–H and O–H groups in total. The molecule has 0 bridgehead atoms. The number of hydrogen-bond acceptors (Lipinski definition) is 4. The quantitative estimate of drug-likeness (QED) is 0.267. The predicted octanol–water partition coefficient (Wildman–Crippen LogP) is 7.69. The van der Waals surface area contributed by atoms with Gasteiger partial charge in [0.2, 0.25) is 0 Å². The fourth-order valence-electron chi connectivity index (χ4n) is 4.57. The zero-order valence-electron chi connectivity index (χ0n) is 20.7. The van der Waals surface area contributed by atoms with Gasteiger partial charge in [-0.1, -0.05) is 59.6 Å². The van der Waals surface area contributed by atoms with Gasteiger partial charge in [-0.25, -0.2) is 4.79 Å². The maximum atomic E-state index is 11.2. The third kappa shape index (κ3) is 7.51. The molecular formula is C30H30Cl2O5. The number of ether oxygens (including phenoxy) is 3. The number of carboxylic acids is 1. The molecule has 0 spiro atoms. The molecular weight excluding hydrogens is 511 g/mol. The lowest BCUT2D eigenvalue weighted by atomic mass is 9.82. The largest absolute Gasteiger partial charge is 0.489 e. The van der Waals surface area contributed by atoms with E-state index in [1.807, 2.05) is 61.5 Å². The Labute approximate surface area is 227 Å². The summed E-state index contributed by atoms with van der Waals surface area (Å²) in [6.45, 7) is 6.12. The van der Waals surface area contributed by atoms with Gasteiger partial charge >= 0.3 is 5.97 Å². The highest BCUT2D eigenvalue weighted by molar-refractivity contribution is 6.30. The molecule has 5 nitrogen and oxygen atoms in total. The molecule has 0 amide bonds. The van der Waals surface area contributed by atoms with Gasteiger partial charge in [-0.3, -0.25) is 0 Å². The van der Waals surface area contributed by atoms with Crippen LogP contribution < -0.4 is 9.47 Å². The molecule has 1 saturated heterocycles. The van der Waals surface area contributed by atoms with Gasteiger partial charge in [-0.2, -0.15) is 0 Å². The van der Waals surface area contributed by atoms with Crippen LogP contribution in [0.5, 0.6) is 11.5 Å². The molecule has 3 atom stereocenters. The molecule has 3 aromatic rings. The molecule has 0 aromatic heterocycles. The topological polar surface area (TPSA) is 65.0 Å². The van der Waals surface area contributed by atoms with Gasteiger partial charge < -0.3 is 19.3 Å². The van der Waals surface area contributed by atoms with Crippen LogP contribution in [0.2, 0.25) is 10.0 Å². The van der Waals surface area contributed by atoms with Crippen LogP contribution in [0, 0.1) is 5.92 Å². The summed E-state index contributed by atoms with van der Waals surface area (Å²) in [7, 11) is 0. The molecule has 1 aliphatic heterocycles. The molecule has 1 fully saturated rings.